The topological polar surface area (TPSA) is 84.9 Å². The Kier molecular flexibility index (Phi) is 6.20. The van der Waals surface area contributed by atoms with E-state index in [4.69, 9.17) is 9.47 Å². The van der Waals surface area contributed by atoms with E-state index in [0.29, 0.717) is 17.7 Å². The number of carbonyl (C=O) groups excluding carboxylic acids is 3. The number of rotatable bonds is 5. The minimum Gasteiger partial charge on any atom is -0.463 e. The summed E-state index contributed by atoms with van der Waals surface area (Å²) >= 11 is 0. The van der Waals surface area contributed by atoms with Crippen molar-refractivity contribution in [1.82, 2.24) is 10.2 Å². The van der Waals surface area contributed by atoms with Crippen LogP contribution < -0.4 is 5.32 Å². The molecule has 0 aromatic carbocycles. The number of nitrogens with zero attached hydrogens (tertiary/aromatic N) is 1. The molecule has 21 heavy (non-hydrogen) atoms. The van der Waals surface area contributed by atoms with Crippen LogP contribution in [0.2, 0.25) is 0 Å². The zero-order chi connectivity index (χ0) is 16.0. The third kappa shape index (κ3) is 3.96. The average molecular weight is 298 g/mol. The third-order valence-corrected chi connectivity index (χ3v) is 3.08. The summed E-state index contributed by atoms with van der Waals surface area (Å²) in [6, 6.07) is -0.396. The molecule has 118 valence electrons. The number of amides is 2. The molecule has 0 spiro atoms. The summed E-state index contributed by atoms with van der Waals surface area (Å²) in [6.45, 7) is 7.19. The van der Waals surface area contributed by atoms with Gasteiger partial charge in [0.05, 0.1) is 37.1 Å². The van der Waals surface area contributed by atoms with E-state index in [-0.39, 0.29) is 25.7 Å². The molecular weight excluding hydrogens is 276 g/mol. The second kappa shape index (κ2) is 7.66. The van der Waals surface area contributed by atoms with Gasteiger partial charge in [0, 0.05) is 6.92 Å². The lowest BCUT2D eigenvalue weighted by atomic mass is 10.1. The summed E-state index contributed by atoms with van der Waals surface area (Å²) in [6.07, 6.45) is 0.0450. The van der Waals surface area contributed by atoms with E-state index in [1.165, 1.54) is 11.8 Å². The Labute approximate surface area is 124 Å². The van der Waals surface area contributed by atoms with Crippen molar-refractivity contribution in [3.63, 3.8) is 0 Å². The van der Waals surface area contributed by atoms with Crippen LogP contribution in [0.25, 0.3) is 0 Å². The van der Waals surface area contributed by atoms with E-state index >= 15 is 0 Å². The normalized spacial score (nSPS) is 17.7. The molecule has 0 saturated heterocycles. The first-order valence-electron chi connectivity index (χ1n) is 7.07. The lowest BCUT2D eigenvalue weighted by Crippen LogP contribution is -2.40. The van der Waals surface area contributed by atoms with E-state index in [2.05, 4.69) is 5.32 Å². The molecule has 1 aliphatic rings. The van der Waals surface area contributed by atoms with Crippen molar-refractivity contribution in [1.29, 1.82) is 0 Å². The Morgan fingerprint density at radius 2 is 1.81 bits per heavy atom. The number of hydrogen-bond donors (Lipinski definition) is 1. The third-order valence-electron chi connectivity index (χ3n) is 3.08. The van der Waals surface area contributed by atoms with Gasteiger partial charge in [-0.05, 0) is 20.3 Å². The molecule has 7 heteroatoms. The van der Waals surface area contributed by atoms with Gasteiger partial charge in [-0.15, -0.1) is 0 Å². The first-order valence-corrected chi connectivity index (χ1v) is 7.07. The van der Waals surface area contributed by atoms with E-state index in [1.807, 2.05) is 6.92 Å². The van der Waals surface area contributed by atoms with Gasteiger partial charge in [0.25, 0.3) is 0 Å². The molecule has 1 heterocycles. The molecule has 0 radical (unpaired) electrons. The van der Waals surface area contributed by atoms with Crippen molar-refractivity contribution >= 4 is 18.0 Å². The molecule has 0 aliphatic carbocycles. The first-order chi connectivity index (χ1) is 9.96. The quantitative estimate of drug-likeness (QED) is 0.771. The molecule has 0 bridgehead atoms. The summed E-state index contributed by atoms with van der Waals surface area (Å²) in [4.78, 5) is 36.8. The maximum absolute atomic E-state index is 12.0. The van der Waals surface area contributed by atoms with Crippen molar-refractivity contribution in [3.8, 4) is 0 Å². The molecule has 1 aliphatic heterocycles. The summed E-state index contributed by atoms with van der Waals surface area (Å²) in [5.74, 6) is -0.817. The Bertz CT molecular complexity index is 458. The highest BCUT2D eigenvalue weighted by Gasteiger charge is 2.39. The lowest BCUT2D eigenvalue weighted by Gasteiger charge is -2.24. The lowest BCUT2D eigenvalue weighted by molar-refractivity contribution is -0.138. The maximum Gasteiger partial charge on any atom is 0.410 e. The SMILES string of the molecule is CCOC(=O)C1=C(NC(C)=O)C(CC)N(C(=O)OCC)C1. The minimum absolute atomic E-state index is 0.0752. The van der Waals surface area contributed by atoms with E-state index in [0.717, 1.165) is 0 Å². The van der Waals surface area contributed by atoms with Gasteiger partial charge < -0.3 is 14.8 Å². The Hall–Kier alpha value is -2.05. The second-order valence-corrected chi connectivity index (χ2v) is 4.54. The highest BCUT2D eigenvalue weighted by Crippen LogP contribution is 2.27. The number of nitrogens with one attached hydrogen (secondary N) is 1. The monoisotopic (exact) mass is 298 g/mol. The Balaban J connectivity index is 3.09. The fourth-order valence-corrected chi connectivity index (χ4v) is 2.29. The van der Waals surface area contributed by atoms with E-state index < -0.39 is 18.1 Å². The van der Waals surface area contributed by atoms with Crippen molar-refractivity contribution in [2.24, 2.45) is 0 Å². The van der Waals surface area contributed by atoms with Gasteiger partial charge in [-0.2, -0.15) is 0 Å². The van der Waals surface area contributed by atoms with Crippen LogP contribution >= 0.6 is 0 Å². The summed E-state index contributed by atoms with van der Waals surface area (Å²) in [5.41, 5.74) is 0.725. The van der Waals surface area contributed by atoms with Crippen LogP contribution in [-0.2, 0) is 19.1 Å². The Morgan fingerprint density at radius 1 is 1.19 bits per heavy atom. The summed E-state index contributed by atoms with van der Waals surface area (Å²) in [7, 11) is 0. The zero-order valence-corrected chi connectivity index (χ0v) is 12.9. The smallest absolute Gasteiger partial charge is 0.410 e. The van der Waals surface area contributed by atoms with Crippen LogP contribution in [0, 0.1) is 0 Å². The molecular formula is C14H22N2O5. The highest BCUT2D eigenvalue weighted by molar-refractivity contribution is 5.93. The molecule has 1 rings (SSSR count). The van der Waals surface area contributed by atoms with Gasteiger partial charge >= 0.3 is 12.1 Å². The number of carbonyl (C=O) groups is 3. The molecule has 1 unspecified atom stereocenters. The fraction of sp³-hybridized carbons (Fsp3) is 0.643. The largest absolute Gasteiger partial charge is 0.463 e. The van der Waals surface area contributed by atoms with Crippen molar-refractivity contribution in [3.05, 3.63) is 11.3 Å². The molecule has 0 aromatic rings. The Morgan fingerprint density at radius 3 is 2.29 bits per heavy atom. The zero-order valence-electron chi connectivity index (χ0n) is 12.9. The predicted octanol–water partition coefficient (Wildman–Crippen LogP) is 1.19. The summed E-state index contributed by atoms with van der Waals surface area (Å²) in [5, 5.41) is 2.65. The molecule has 1 N–H and O–H groups in total. The van der Waals surface area contributed by atoms with Gasteiger partial charge in [0.15, 0.2) is 0 Å². The highest BCUT2D eigenvalue weighted by atomic mass is 16.6. The number of ether oxygens (including phenoxy) is 2. The number of esters is 1. The fourth-order valence-electron chi connectivity index (χ4n) is 2.29. The van der Waals surface area contributed by atoms with E-state index in [1.54, 1.807) is 13.8 Å². The van der Waals surface area contributed by atoms with Crippen LogP contribution in [0.4, 0.5) is 4.79 Å². The molecule has 0 fully saturated rings. The standard InChI is InChI=1S/C14H22N2O5/c1-5-11-12(15-9(4)17)10(13(18)20-6-2)8-16(11)14(19)21-7-3/h11H,5-8H2,1-4H3,(H,15,17). The molecule has 0 aromatic heterocycles. The van der Waals surface area contributed by atoms with Crippen molar-refractivity contribution < 1.29 is 23.9 Å². The van der Waals surface area contributed by atoms with Crippen molar-refractivity contribution in [2.75, 3.05) is 19.8 Å². The van der Waals surface area contributed by atoms with Crippen molar-refractivity contribution in [2.45, 2.75) is 40.2 Å². The molecule has 2 amide bonds. The van der Waals surface area contributed by atoms with Gasteiger partial charge in [-0.25, -0.2) is 9.59 Å². The van der Waals surface area contributed by atoms with Crippen LogP contribution in [0.5, 0.6) is 0 Å². The van der Waals surface area contributed by atoms with Crippen LogP contribution in [-0.4, -0.2) is 48.7 Å². The summed E-state index contributed by atoms with van der Waals surface area (Å²) < 4.78 is 9.99. The van der Waals surface area contributed by atoms with Crippen LogP contribution in [0.15, 0.2) is 11.3 Å². The van der Waals surface area contributed by atoms with E-state index in [9.17, 15) is 14.4 Å². The minimum atomic E-state index is -0.522. The molecule has 7 nitrogen and oxygen atoms in total. The average Bonchev–Trinajstić information content (AvgIpc) is 2.77. The van der Waals surface area contributed by atoms with Crippen LogP contribution in [0.1, 0.15) is 34.1 Å². The van der Waals surface area contributed by atoms with Crippen LogP contribution in [0.3, 0.4) is 0 Å². The number of hydrogen-bond acceptors (Lipinski definition) is 5. The van der Waals surface area contributed by atoms with Gasteiger partial charge in [0.2, 0.25) is 5.91 Å². The van der Waals surface area contributed by atoms with Gasteiger partial charge in [-0.3, -0.25) is 9.69 Å². The molecule has 1 atom stereocenters. The second-order valence-electron chi connectivity index (χ2n) is 4.54. The maximum atomic E-state index is 12.0. The predicted molar refractivity (Wildman–Crippen MR) is 75.3 cm³/mol. The first kappa shape index (κ1) is 17.0. The van der Waals surface area contributed by atoms with Gasteiger partial charge in [-0.1, -0.05) is 6.92 Å². The van der Waals surface area contributed by atoms with Gasteiger partial charge in [0.1, 0.15) is 0 Å². The molecule has 0 saturated carbocycles.